The zero-order valence-corrected chi connectivity index (χ0v) is 12.8. The van der Waals surface area contributed by atoms with Crippen molar-refractivity contribution in [3.05, 3.63) is 38.4 Å². The van der Waals surface area contributed by atoms with Crippen molar-refractivity contribution in [2.45, 2.75) is 5.16 Å². The summed E-state index contributed by atoms with van der Waals surface area (Å²) in [6.07, 6.45) is 1.76. The number of nitro groups is 2. The van der Waals surface area contributed by atoms with Crippen molar-refractivity contribution in [2.75, 3.05) is 12.0 Å². The summed E-state index contributed by atoms with van der Waals surface area (Å²) in [6, 6.07) is 3.14. The van der Waals surface area contributed by atoms with Crippen LogP contribution >= 0.6 is 11.8 Å². The zero-order valence-electron chi connectivity index (χ0n) is 12.0. The Morgan fingerprint density at radius 2 is 1.71 bits per heavy atom. The quantitative estimate of drug-likeness (QED) is 0.412. The Kier molecular flexibility index (Phi) is 3.69. The van der Waals surface area contributed by atoms with Crippen LogP contribution < -0.4 is 5.73 Å². The van der Waals surface area contributed by atoms with E-state index in [-0.39, 0.29) is 23.1 Å². The number of fused-ring (bicyclic) bond motifs is 1. The van der Waals surface area contributed by atoms with Gasteiger partial charge in [-0.1, -0.05) is 11.8 Å². The van der Waals surface area contributed by atoms with E-state index >= 15 is 0 Å². The first kappa shape index (κ1) is 15.5. The van der Waals surface area contributed by atoms with Gasteiger partial charge in [-0.3, -0.25) is 20.2 Å². The topological polar surface area (TPSA) is 168 Å². The summed E-state index contributed by atoms with van der Waals surface area (Å²) in [6.45, 7) is 0. The van der Waals surface area contributed by atoms with Gasteiger partial charge in [-0.25, -0.2) is 0 Å². The molecule has 24 heavy (non-hydrogen) atoms. The van der Waals surface area contributed by atoms with E-state index in [1.54, 1.807) is 6.26 Å². The summed E-state index contributed by atoms with van der Waals surface area (Å²) < 4.78 is 1.15. The number of nitrogens with zero attached hydrogens (tertiary/aromatic N) is 7. The van der Waals surface area contributed by atoms with E-state index in [2.05, 4.69) is 20.1 Å². The molecule has 0 spiro atoms. The molecule has 0 fully saturated rings. The lowest BCUT2D eigenvalue weighted by Crippen LogP contribution is -2.04. The molecular weight excluding hydrogens is 340 g/mol. The Labute approximate surface area is 137 Å². The summed E-state index contributed by atoms with van der Waals surface area (Å²) in [5.74, 6) is 0.181. The summed E-state index contributed by atoms with van der Waals surface area (Å²) in [5, 5.41) is 26.4. The van der Waals surface area contributed by atoms with E-state index in [1.165, 1.54) is 11.8 Å². The van der Waals surface area contributed by atoms with Crippen LogP contribution in [0.1, 0.15) is 0 Å². The van der Waals surface area contributed by atoms with Gasteiger partial charge >= 0.3 is 0 Å². The molecule has 2 heterocycles. The van der Waals surface area contributed by atoms with Crippen LogP contribution in [0.5, 0.6) is 0 Å². The average molecular weight is 348 g/mol. The van der Waals surface area contributed by atoms with Crippen LogP contribution in [0.3, 0.4) is 0 Å². The number of hydrogen-bond acceptors (Lipinski definition) is 10. The molecule has 0 atom stereocenters. The Balaban J connectivity index is 2.21. The maximum atomic E-state index is 11.0. The SMILES string of the molecule is CSc1nc(N)n2nc(-c3cc([N+](=O)[O-])cc([N+](=O)[O-])c3)nc2n1. The third-order valence-corrected chi connectivity index (χ3v) is 3.53. The van der Waals surface area contributed by atoms with Gasteiger partial charge in [0, 0.05) is 17.7 Å². The normalized spacial score (nSPS) is 10.9. The second kappa shape index (κ2) is 5.69. The molecule has 2 aromatic heterocycles. The third kappa shape index (κ3) is 2.67. The van der Waals surface area contributed by atoms with E-state index in [1.807, 2.05) is 0 Å². The summed E-state index contributed by atoms with van der Waals surface area (Å²) in [7, 11) is 0. The van der Waals surface area contributed by atoms with Crippen molar-refractivity contribution in [1.82, 2.24) is 24.6 Å². The molecule has 0 saturated heterocycles. The van der Waals surface area contributed by atoms with Crippen LogP contribution in [0, 0.1) is 20.2 Å². The van der Waals surface area contributed by atoms with Gasteiger partial charge in [-0.15, -0.1) is 5.10 Å². The molecular formula is C11H8N8O4S. The lowest BCUT2D eigenvalue weighted by Gasteiger charge is -1.98. The van der Waals surface area contributed by atoms with Crippen LogP contribution in [0.2, 0.25) is 0 Å². The third-order valence-electron chi connectivity index (χ3n) is 2.98. The number of anilines is 1. The highest BCUT2D eigenvalue weighted by Crippen LogP contribution is 2.28. The smallest absolute Gasteiger partial charge is 0.277 e. The van der Waals surface area contributed by atoms with E-state index in [4.69, 9.17) is 5.73 Å². The van der Waals surface area contributed by atoms with E-state index in [9.17, 15) is 20.2 Å². The van der Waals surface area contributed by atoms with Gasteiger partial charge in [0.25, 0.3) is 17.2 Å². The first-order valence-corrected chi connectivity index (χ1v) is 7.50. The standard InChI is InChI=1S/C11H8N8O4S/c1-24-11-14-9(12)17-10(15-11)13-8(16-17)5-2-6(18(20)21)4-7(3-5)19(22)23/h2-4H,1H3,(H2,12,13,14,15,16). The number of nitro benzene ring substituents is 2. The second-order valence-corrected chi connectivity index (χ2v) is 5.24. The highest BCUT2D eigenvalue weighted by molar-refractivity contribution is 7.98. The molecule has 122 valence electrons. The molecule has 13 heteroatoms. The molecule has 0 bridgehead atoms. The second-order valence-electron chi connectivity index (χ2n) is 4.47. The molecule has 0 amide bonds. The van der Waals surface area contributed by atoms with Gasteiger partial charge in [-0.05, 0) is 6.26 Å². The van der Waals surface area contributed by atoms with Crippen molar-refractivity contribution in [3.63, 3.8) is 0 Å². The monoisotopic (exact) mass is 348 g/mol. The number of nitrogen functional groups attached to an aromatic ring is 1. The van der Waals surface area contributed by atoms with Gasteiger partial charge in [0.05, 0.1) is 15.9 Å². The fourth-order valence-electron chi connectivity index (χ4n) is 1.93. The van der Waals surface area contributed by atoms with Crippen molar-refractivity contribution >= 4 is 34.9 Å². The number of non-ortho nitro benzene ring substituents is 2. The van der Waals surface area contributed by atoms with Crippen molar-refractivity contribution in [3.8, 4) is 11.4 Å². The minimum Gasteiger partial charge on any atom is -0.368 e. The van der Waals surface area contributed by atoms with Crippen molar-refractivity contribution in [2.24, 2.45) is 0 Å². The maximum Gasteiger partial charge on any atom is 0.277 e. The van der Waals surface area contributed by atoms with Crippen LogP contribution in [0.4, 0.5) is 17.3 Å². The largest absolute Gasteiger partial charge is 0.368 e. The van der Waals surface area contributed by atoms with Crippen molar-refractivity contribution in [1.29, 1.82) is 0 Å². The zero-order chi connectivity index (χ0) is 17.4. The molecule has 12 nitrogen and oxygen atoms in total. The number of benzene rings is 1. The summed E-state index contributed by atoms with van der Waals surface area (Å²) >= 11 is 1.25. The van der Waals surface area contributed by atoms with E-state index in [0.717, 1.165) is 22.7 Å². The molecule has 1 aromatic carbocycles. The highest BCUT2D eigenvalue weighted by atomic mass is 32.2. The molecule has 3 aromatic rings. The summed E-state index contributed by atoms with van der Waals surface area (Å²) in [5.41, 5.74) is 4.98. The fourth-order valence-corrected chi connectivity index (χ4v) is 2.29. The lowest BCUT2D eigenvalue weighted by molar-refractivity contribution is -0.394. The van der Waals surface area contributed by atoms with E-state index < -0.39 is 21.2 Å². The van der Waals surface area contributed by atoms with Gasteiger partial charge in [0.1, 0.15) is 0 Å². The van der Waals surface area contributed by atoms with Gasteiger partial charge < -0.3 is 5.73 Å². The van der Waals surface area contributed by atoms with Gasteiger partial charge in [0.2, 0.25) is 5.95 Å². The predicted molar refractivity (Wildman–Crippen MR) is 83.5 cm³/mol. The van der Waals surface area contributed by atoms with Crippen LogP contribution in [-0.4, -0.2) is 40.7 Å². The predicted octanol–water partition coefficient (Wildman–Crippen LogP) is 1.31. The maximum absolute atomic E-state index is 11.0. The molecule has 0 aliphatic carbocycles. The van der Waals surface area contributed by atoms with Crippen LogP contribution in [0.15, 0.2) is 23.4 Å². The number of thioether (sulfide) groups is 1. The molecule has 0 aliphatic heterocycles. The Morgan fingerprint density at radius 1 is 1.08 bits per heavy atom. The highest BCUT2D eigenvalue weighted by Gasteiger charge is 2.20. The number of hydrogen-bond donors (Lipinski definition) is 1. The number of rotatable bonds is 4. The minimum absolute atomic E-state index is 0.0149. The number of nitrogens with two attached hydrogens (primary N) is 1. The molecule has 0 radical (unpaired) electrons. The average Bonchev–Trinajstić information content (AvgIpc) is 2.98. The first-order valence-electron chi connectivity index (χ1n) is 6.27. The van der Waals surface area contributed by atoms with Crippen molar-refractivity contribution < 1.29 is 9.85 Å². The molecule has 3 rings (SSSR count). The fraction of sp³-hybridized carbons (Fsp3) is 0.0909. The van der Waals surface area contributed by atoms with Crippen LogP contribution in [-0.2, 0) is 0 Å². The molecule has 2 N–H and O–H groups in total. The van der Waals surface area contributed by atoms with Gasteiger partial charge in [-0.2, -0.15) is 19.5 Å². The molecule has 0 saturated carbocycles. The minimum atomic E-state index is -0.730. The summed E-state index contributed by atoms with van der Waals surface area (Å²) in [4.78, 5) is 32.7. The number of aromatic nitrogens is 5. The van der Waals surface area contributed by atoms with Crippen LogP contribution in [0.25, 0.3) is 17.2 Å². The lowest BCUT2D eigenvalue weighted by atomic mass is 10.1. The Hall–Kier alpha value is -3.35. The van der Waals surface area contributed by atoms with E-state index in [0.29, 0.717) is 5.16 Å². The molecule has 0 unspecified atom stereocenters. The molecule has 0 aliphatic rings. The van der Waals surface area contributed by atoms with Gasteiger partial charge in [0.15, 0.2) is 11.0 Å². The Morgan fingerprint density at radius 3 is 2.25 bits per heavy atom. The first-order chi connectivity index (χ1) is 11.4. The Bertz CT molecular complexity index is 955.